The van der Waals surface area contributed by atoms with Crippen LogP contribution >= 0.6 is 11.3 Å². The third kappa shape index (κ3) is 4.33. The van der Waals surface area contributed by atoms with Crippen molar-refractivity contribution in [2.75, 3.05) is 18.5 Å². The van der Waals surface area contributed by atoms with E-state index in [0.717, 1.165) is 17.8 Å². The summed E-state index contributed by atoms with van der Waals surface area (Å²) in [5, 5.41) is 7.66. The van der Waals surface area contributed by atoms with Gasteiger partial charge in [0.05, 0.1) is 5.69 Å². The molecule has 18 heavy (non-hydrogen) atoms. The number of rotatable bonds is 6. The molecule has 0 aromatic carbocycles. The highest BCUT2D eigenvalue weighted by Crippen LogP contribution is 2.25. The van der Waals surface area contributed by atoms with E-state index in [0.29, 0.717) is 6.61 Å². The van der Waals surface area contributed by atoms with E-state index in [2.05, 4.69) is 10.3 Å². The Hall–Kier alpha value is -1.03. The fourth-order valence-corrected chi connectivity index (χ4v) is 3.04. The van der Waals surface area contributed by atoms with Crippen LogP contribution < -0.4 is 10.5 Å². The molecule has 9 heteroatoms. The Labute approximate surface area is 109 Å². The molecule has 1 aromatic heterocycles. The fraction of sp³-hybridized carbons (Fsp3) is 0.556. The van der Waals surface area contributed by atoms with Crippen LogP contribution in [0.2, 0.25) is 0 Å². The van der Waals surface area contributed by atoms with E-state index < -0.39 is 10.0 Å². The number of hydrogen-bond acceptors (Lipinski definition) is 6. The SMILES string of the molecule is CCCOCC(=O)Nc1nc(C)c(S(N)(=O)=O)s1. The third-order valence-electron chi connectivity index (χ3n) is 1.84. The number of anilines is 1. The van der Waals surface area contributed by atoms with Crippen molar-refractivity contribution in [2.24, 2.45) is 5.14 Å². The van der Waals surface area contributed by atoms with Crippen molar-refractivity contribution >= 4 is 32.4 Å². The number of nitrogens with two attached hydrogens (primary N) is 1. The van der Waals surface area contributed by atoms with Gasteiger partial charge in [0.15, 0.2) is 9.34 Å². The van der Waals surface area contributed by atoms with Crippen molar-refractivity contribution in [1.82, 2.24) is 4.98 Å². The smallest absolute Gasteiger partial charge is 0.252 e. The standard InChI is InChI=1S/C9H15N3O4S2/c1-3-4-16-5-7(13)12-9-11-6(2)8(17-9)18(10,14)15/h3-5H2,1-2H3,(H2,10,14,15)(H,11,12,13). The van der Waals surface area contributed by atoms with Crippen molar-refractivity contribution in [3.05, 3.63) is 5.69 Å². The van der Waals surface area contributed by atoms with Crippen molar-refractivity contribution < 1.29 is 17.9 Å². The number of carbonyl (C=O) groups is 1. The number of ether oxygens (including phenoxy) is 1. The largest absolute Gasteiger partial charge is 0.372 e. The molecule has 0 aliphatic rings. The summed E-state index contributed by atoms with van der Waals surface area (Å²) in [6.07, 6.45) is 0.819. The number of hydrogen-bond donors (Lipinski definition) is 2. The first-order valence-corrected chi connectivity index (χ1v) is 7.58. The van der Waals surface area contributed by atoms with E-state index in [9.17, 15) is 13.2 Å². The molecule has 0 atom stereocenters. The van der Waals surface area contributed by atoms with Crippen molar-refractivity contribution in [3.8, 4) is 0 Å². The molecule has 0 saturated carbocycles. The summed E-state index contributed by atoms with van der Waals surface area (Å²) in [7, 11) is -3.80. The molecule has 0 radical (unpaired) electrons. The van der Waals surface area contributed by atoms with Gasteiger partial charge in [-0.2, -0.15) is 0 Å². The van der Waals surface area contributed by atoms with Crippen LogP contribution in [-0.4, -0.2) is 32.5 Å². The minimum Gasteiger partial charge on any atom is -0.372 e. The zero-order chi connectivity index (χ0) is 13.8. The van der Waals surface area contributed by atoms with Crippen LogP contribution in [0.3, 0.4) is 0 Å². The van der Waals surface area contributed by atoms with Crippen molar-refractivity contribution in [1.29, 1.82) is 0 Å². The van der Waals surface area contributed by atoms with Gasteiger partial charge in [-0.3, -0.25) is 10.1 Å². The number of amides is 1. The van der Waals surface area contributed by atoms with Crippen LogP contribution in [0.4, 0.5) is 5.13 Å². The Balaban J connectivity index is 2.67. The molecule has 0 aliphatic carbocycles. The van der Waals surface area contributed by atoms with Gasteiger partial charge in [0.1, 0.15) is 6.61 Å². The van der Waals surface area contributed by atoms with Gasteiger partial charge in [0.25, 0.3) is 5.91 Å². The number of thiazole rings is 1. The topological polar surface area (TPSA) is 111 Å². The Morgan fingerprint density at radius 3 is 2.72 bits per heavy atom. The fourth-order valence-electron chi connectivity index (χ4n) is 1.16. The average Bonchev–Trinajstić information content (AvgIpc) is 2.59. The van der Waals surface area contributed by atoms with E-state index in [4.69, 9.17) is 9.88 Å². The van der Waals surface area contributed by atoms with Crippen LogP contribution in [0.15, 0.2) is 4.21 Å². The molecule has 0 spiro atoms. The maximum absolute atomic E-state index is 11.4. The summed E-state index contributed by atoms with van der Waals surface area (Å²) in [6.45, 7) is 3.85. The number of nitrogens with one attached hydrogen (secondary N) is 1. The zero-order valence-electron chi connectivity index (χ0n) is 10.1. The third-order valence-corrected chi connectivity index (χ3v) is 4.47. The highest BCUT2D eigenvalue weighted by atomic mass is 32.2. The lowest BCUT2D eigenvalue weighted by Gasteiger charge is -2.01. The molecule has 0 bridgehead atoms. The van der Waals surface area contributed by atoms with E-state index in [-0.39, 0.29) is 27.5 Å². The molecule has 0 unspecified atom stereocenters. The van der Waals surface area contributed by atoms with Crippen molar-refractivity contribution in [2.45, 2.75) is 24.5 Å². The van der Waals surface area contributed by atoms with E-state index in [1.54, 1.807) is 0 Å². The maximum atomic E-state index is 11.4. The number of aryl methyl sites for hydroxylation is 1. The second kappa shape index (κ2) is 6.23. The summed E-state index contributed by atoms with van der Waals surface area (Å²) in [5.41, 5.74) is 0.271. The van der Waals surface area contributed by atoms with Gasteiger partial charge >= 0.3 is 0 Å². The van der Waals surface area contributed by atoms with Gasteiger partial charge < -0.3 is 4.74 Å². The summed E-state index contributed by atoms with van der Waals surface area (Å²) in [6, 6.07) is 0. The van der Waals surface area contributed by atoms with Gasteiger partial charge in [-0.05, 0) is 13.3 Å². The van der Waals surface area contributed by atoms with Crippen LogP contribution in [0.1, 0.15) is 19.0 Å². The second-order valence-corrected chi connectivity index (χ2v) is 6.29. The molecule has 0 fully saturated rings. The number of sulfonamides is 1. The molecule has 1 amide bonds. The highest BCUT2D eigenvalue weighted by molar-refractivity contribution is 7.91. The first-order chi connectivity index (χ1) is 8.34. The summed E-state index contributed by atoms with van der Waals surface area (Å²) >= 11 is 0.822. The zero-order valence-corrected chi connectivity index (χ0v) is 11.7. The Bertz CT molecular complexity index is 524. The van der Waals surface area contributed by atoms with Crippen LogP contribution in [0, 0.1) is 6.92 Å². The van der Waals surface area contributed by atoms with E-state index >= 15 is 0 Å². The maximum Gasteiger partial charge on any atom is 0.252 e. The van der Waals surface area contributed by atoms with Crippen LogP contribution in [-0.2, 0) is 19.6 Å². The molecule has 1 aromatic rings. The number of nitrogens with zero attached hydrogens (tertiary/aromatic N) is 1. The minimum absolute atomic E-state index is 0.0488. The molecule has 0 aliphatic heterocycles. The van der Waals surface area contributed by atoms with Gasteiger partial charge in [-0.15, -0.1) is 0 Å². The van der Waals surface area contributed by atoms with Gasteiger partial charge in [0, 0.05) is 6.61 Å². The molecule has 0 saturated heterocycles. The molecule has 1 rings (SSSR count). The minimum atomic E-state index is -3.80. The molecule has 3 N–H and O–H groups in total. The second-order valence-electron chi connectivity index (χ2n) is 3.54. The average molecular weight is 293 g/mol. The molecule has 1 heterocycles. The lowest BCUT2D eigenvalue weighted by Crippen LogP contribution is -2.18. The van der Waals surface area contributed by atoms with Crippen LogP contribution in [0.25, 0.3) is 0 Å². The summed E-state index contributed by atoms with van der Waals surface area (Å²) < 4.78 is 27.3. The van der Waals surface area contributed by atoms with Gasteiger partial charge in [0.2, 0.25) is 10.0 Å². The molecular formula is C9H15N3O4S2. The van der Waals surface area contributed by atoms with Crippen LogP contribution in [0.5, 0.6) is 0 Å². The van der Waals surface area contributed by atoms with Gasteiger partial charge in [-0.25, -0.2) is 18.5 Å². The Morgan fingerprint density at radius 2 is 2.22 bits per heavy atom. The lowest BCUT2D eigenvalue weighted by atomic mass is 10.5. The Kier molecular flexibility index (Phi) is 5.20. The Morgan fingerprint density at radius 1 is 1.56 bits per heavy atom. The predicted molar refractivity (Wildman–Crippen MR) is 68.0 cm³/mol. The first kappa shape index (κ1) is 15.0. The van der Waals surface area contributed by atoms with Crippen molar-refractivity contribution in [3.63, 3.8) is 0 Å². The van der Waals surface area contributed by atoms with Gasteiger partial charge in [-0.1, -0.05) is 18.3 Å². The summed E-state index contributed by atoms with van der Waals surface area (Å²) in [5.74, 6) is -0.377. The molecule has 102 valence electrons. The van der Waals surface area contributed by atoms with E-state index in [1.165, 1.54) is 6.92 Å². The monoisotopic (exact) mass is 293 g/mol. The molecular weight excluding hydrogens is 278 g/mol. The quantitative estimate of drug-likeness (QED) is 0.740. The normalized spacial score (nSPS) is 11.5. The first-order valence-electron chi connectivity index (χ1n) is 5.22. The lowest BCUT2D eigenvalue weighted by molar-refractivity contribution is -0.120. The number of carbonyl (C=O) groups excluding carboxylic acids is 1. The predicted octanol–water partition coefficient (Wildman–Crippen LogP) is 0.464. The van der Waals surface area contributed by atoms with E-state index in [1.807, 2.05) is 6.92 Å². The number of primary sulfonamides is 1. The summed E-state index contributed by atoms with van der Waals surface area (Å²) in [4.78, 5) is 15.3. The number of aromatic nitrogens is 1. The molecule has 7 nitrogen and oxygen atoms in total. The highest BCUT2D eigenvalue weighted by Gasteiger charge is 2.18.